The second-order valence-electron chi connectivity index (χ2n) is 11.4. The number of hydrogen-bond acceptors (Lipinski definition) is 4. The van der Waals surface area contributed by atoms with Crippen LogP contribution in [0.3, 0.4) is 0 Å². The van der Waals surface area contributed by atoms with Crippen LogP contribution in [0.5, 0.6) is 0 Å². The lowest BCUT2D eigenvalue weighted by Gasteiger charge is -2.15. The molecule has 4 nitrogen and oxygen atoms in total. The standard InChI is InChI=1S/C39H67ClO4/c1-3-5-7-9-11-13-15-17-19-21-23-25-27-29-31-33-38(41)43-36-37(35-40)44-39(42)34-32-30-28-26-24-22-20-18-16-14-12-10-8-6-4-2/h6,8,12,14,17-20,37H,3-5,7,9-11,13,15-16,21-36H2,1-2H3/b8-6-,14-12-,19-17-,20-18-/i35D2,36D2,37D. The molecule has 0 heterocycles. The number of alkyl halides is 1. The second kappa shape index (κ2) is 35.7. The lowest BCUT2D eigenvalue weighted by Crippen LogP contribution is -2.26. The Kier molecular flexibility index (Phi) is 27.2. The van der Waals surface area contributed by atoms with E-state index < -0.39 is 30.4 Å². The summed E-state index contributed by atoms with van der Waals surface area (Å²) in [4.78, 5) is 24.9. The molecule has 0 aromatic rings. The highest BCUT2D eigenvalue weighted by molar-refractivity contribution is 6.18. The first-order chi connectivity index (χ1) is 23.4. The number of rotatable bonds is 32. The van der Waals surface area contributed by atoms with Crippen molar-refractivity contribution in [1.82, 2.24) is 0 Å². The van der Waals surface area contributed by atoms with E-state index in [0.717, 1.165) is 89.9 Å². The number of unbranched alkanes of at least 4 members (excludes halogenated alkanes) is 16. The van der Waals surface area contributed by atoms with Gasteiger partial charge in [0.1, 0.15) is 12.6 Å². The molecule has 0 rings (SSSR count). The zero-order valence-electron chi connectivity index (χ0n) is 33.1. The topological polar surface area (TPSA) is 52.6 Å². The van der Waals surface area contributed by atoms with Crippen LogP contribution in [0.25, 0.3) is 0 Å². The Morgan fingerprint density at radius 3 is 1.57 bits per heavy atom. The fourth-order valence-corrected chi connectivity index (χ4v) is 4.68. The quantitative estimate of drug-likeness (QED) is 0.0318. The number of esters is 2. The molecule has 0 aliphatic heterocycles. The van der Waals surface area contributed by atoms with Crippen molar-refractivity contribution in [2.24, 2.45) is 0 Å². The van der Waals surface area contributed by atoms with Crippen molar-refractivity contribution in [2.45, 2.75) is 174 Å². The monoisotopic (exact) mass is 640 g/mol. The van der Waals surface area contributed by atoms with Crippen molar-refractivity contribution < 1.29 is 25.9 Å². The van der Waals surface area contributed by atoms with Crippen molar-refractivity contribution in [1.29, 1.82) is 0 Å². The van der Waals surface area contributed by atoms with Crippen molar-refractivity contribution in [3.05, 3.63) is 48.6 Å². The molecule has 1 unspecified atom stereocenters. The zero-order chi connectivity index (χ0) is 36.7. The highest BCUT2D eigenvalue weighted by atomic mass is 35.5. The summed E-state index contributed by atoms with van der Waals surface area (Å²) in [6, 6.07) is 0. The Balaban J connectivity index is 4.28. The Bertz CT molecular complexity index is 962. The van der Waals surface area contributed by atoms with Crippen molar-refractivity contribution in [2.75, 3.05) is 12.4 Å². The fourth-order valence-electron chi connectivity index (χ4n) is 4.61. The van der Waals surface area contributed by atoms with E-state index in [2.05, 4.69) is 62.5 Å². The molecule has 5 heteroatoms. The molecule has 0 fully saturated rings. The number of ether oxygens (including phenoxy) is 2. The summed E-state index contributed by atoms with van der Waals surface area (Å²) in [7, 11) is 0. The maximum Gasteiger partial charge on any atom is 0.306 e. The molecule has 0 aromatic heterocycles. The lowest BCUT2D eigenvalue weighted by molar-refractivity contribution is -0.157. The average molecular weight is 640 g/mol. The molecule has 0 saturated carbocycles. The average Bonchev–Trinajstić information content (AvgIpc) is 3.03. The van der Waals surface area contributed by atoms with E-state index in [1.807, 2.05) is 0 Å². The first-order valence-electron chi connectivity index (χ1n) is 20.1. The SMILES string of the molecule is [2H]C([2H])(Cl)C([2H])(OC(=O)CCCCCCC/C=C\C/C=C\C/C=C\CC)C([2H])([2H])OC(=O)CCCCCCC/C=C\CCCCCCCC. The molecule has 0 amide bonds. The normalized spacial score (nSPS) is 15.8. The van der Waals surface area contributed by atoms with Crippen LogP contribution in [0.4, 0.5) is 0 Å². The van der Waals surface area contributed by atoms with Crippen LogP contribution < -0.4 is 0 Å². The van der Waals surface area contributed by atoms with Gasteiger partial charge in [-0.3, -0.25) is 9.59 Å². The molecule has 0 saturated heterocycles. The van der Waals surface area contributed by atoms with E-state index >= 15 is 0 Å². The predicted octanol–water partition coefficient (Wildman–Crippen LogP) is 12.3. The summed E-state index contributed by atoms with van der Waals surface area (Å²) in [6.07, 6.45) is 36.4. The van der Waals surface area contributed by atoms with Crippen molar-refractivity contribution >= 4 is 23.5 Å². The van der Waals surface area contributed by atoms with E-state index in [4.69, 9.17) is 27.9 Å². The van der Waals surface area contributed by atoms with Gasteiger partial charge in [0, 0.05) is 15.6 Å². The van der Waals surface area contributed by atoms with E-state index in [0.29, 0.717) is 12.8 Å². The van der Waals surface area contributed by atoms with Crippen LogP contribution in [-0.2, 0) is 19.1 Å². The summed E-state index contributed by atoms with van der Waals surface area (Å²) in [5.74, 6) is -5.04. The first-order valence-corrected chi connectivity index (χ1v) is 18.0. The molecule has 0 bridgehead atoms. The first kappa shape index (κ1) is 33.6. The third kappa shape index (κ3) is 33.1. The van der Waals surface area contributed by atoms with Gasteiger partial charge in [-0.25, -0.2) is 0 Å². The molecule has 0 N–H and O–H groups in total. The highest BCUT2D eigenvalue weighted by Gasteiger charge is 2.16. The van der Waals surface area contributed by atoms with Gasteiger partial charge in [0.25, 0.3) is 0 Å². The molecule has 0 aromatic carbocycles. The van der Waals surface area contributed by atoms with Crippen LogP contribution >= 0.6 is 11.6 Å². The predicted molar refractivity (Wildman–Crippen MR) is 190 cm³/mol. The Hall–Kier alpha value is -1.81. The Morgan fingerprint density at radius 2 is 1.05 bits per heavy atom. The number of carbonyl (C=O) groups is 2. The molecular formula is C39H67ClO4. The number of hydrogen-bond donors (Lipinski definition) is 0. The van der Waals surface area contributed by atoms with Crippen molar-refractivity contribution in [3.63, 3.8) is 0 Å². The summed E-state index contributed by atoms with van der Waals surface area (Å²) in [5, 5.41) is 0. The summed E-state index contributed by atoms with van der Waals surface area (Å²) >= 11 is 5.72. The van der Waals surface area contributed by atoms with Crippen LogP contribution in [0.1, 0.15) is 175 Å². The van der Waals surface area contributed by atoms with Gasteiger partial charge in [0.2, 0.25) is 0 Å². The summed E-state index contributed by atoms with van der Waals surface area (Å²) < 4.78 is 50.2. The molecule has 254 valence electrons. The molecule has 0 aliphatic carbocycles. The van der Waals surface area contributed by atoms with Gasteiger partial charge >= 0.3 is 11.9 Å². The smallest absolute Gasteiger partial charge is 0.306 e. The maximum atomic E-state index is 12.5. The van der Waals surface area contributed by atoms with E-state index in [1.165, 1.54) is 38.5 Å². The van der Waals surface area contributed by atoms with Gasteiger partial charge in [-0.15, -0.1) is 11.6 Å². The minimum Gasteiger partial charge on any atom is -0.462 e. The lowest BCUT2D eigenvalue weighted by atomic mass is 10.1. The van der Waals surface area contributed by atoms with Crippen LogP contribution in [0.15, 0.2) is 48.6 Å². The van der Waals surface area contributed by atoms with Crippen LogP contribution in [-0.4, -0.2) is 30.4 Å². The van der Waals surface area contributed by atoms with E-state index in [9.17, 15) is 9.59 Å². The molecule has 0 radical (unpaired) electrons. The summed E-state index contributed by atoms with van der Waals surface area (Å²) in [5.41, 5.74) is 0. The van der Waals surface area contributed by atoms with E-state index in [-0.39, 0.29) is 12.8 Å². The number of carbonyl (C=O) groups excluding carboxylic acids is 2. The Labute approximate surface area is 284 Å². The largest absolute Gasteiger partial charge is 0.462 e. The number of allylic oxidation sites excluding steroid dienone is 8. The third-order valence-corrected chi connectivity index (χ3v) is 7.41. The van der Waals surface area contributed by atoms with Gasteiger partial charge in [-0.1, -0.05) is 133 Å². The van der Waals surface area contributed by atoms with Crippen LogP contribution in [0.2, 0.25) is 0 Å². The van der Waals surface area contributed by atoms with Gasteiger partial charge < -0.3 is 9.47 Å². The van der Waals surface area contributed by atoms with Gasteiger partial charge in [0.05, 0.1) is 9.94 Å². The van der Waals surface area contributed by atoms with Gasteiger partial charge in [-0.2, -0.15) is 0 Å². The van der Waals surface area contributed by atoms with Crippen molar-refractivity contribution in [3.8, 4) is 0 Å². The van der Waals surface area contributed by atoms with Gasteiger partial charge in [0.15, 0.2) is 0 Å². The number of halogens is 1. The fraction of sp³-hybridized carbons (Fsp3) is 0.744. The zero-order valence-corrected chi connectivity index (χ0v) is 28.9. The molecule has 44 heavy (non-hydrogen) atoms. The summed E-state index contributed by atoms with van der Waals surface area (Å²) in [6.45, 7) is 1.06. The third-order valence-electron chi connectivity index (χ3n) is 7.23. The van der Waals surface area contributed by atoms with Crippen LogP contribution in [0, 0.1) is 0 Å². The molecule has 1 atom stereocenters. The van der Waals surface area contributed by atoms with Gasteiger partial charge in [-0.05, 0) is 70.6 Å². The highest BCUT2D eigenvalue weighted by Crippen LogP contribution is 2.12. The van der Waals surface area contributed by atoms with E-state index in [1.54, 1.807) is 0 Å². The molecule has 0 aliphatic rings. The molecule has 0 spiro atoms. The second-order valence-corrected chi connectivity index (χ2v) is 11.6. The minimum atomic E-state index is -3.29. The maximum absolute atomic E-state index is 12.5. The molecular weight excluding hydrogens is 568 g/mol. The Morgan fingerprint density at radius 1 is 0.614 bits per heavy atom. The minimum absolute atomic E-state index is 0.0865.